The minimum atomic E-state index is -0.534. The highest BCUT2D eigenvalue weighted by atomic mass is 16.2. The van der Waals surface area contributed by atoms with Crippen LogP contribution in [-0.4, -0.2) is 32.7 Å². The molecule has 8 heteroatoms. The lowest BCUT2D eigenvalue weighted by Crippen LogP contribution is -2.36. The third-order valence-electron chi connectivity index (χ3n) is 5.76. The van der Waals surface area contributed by atoms with Crippen molar-refractivity contribution in [3.63, 3.8) is 0 Å². The highest BCUT2D eigenvalue weighted by Crippen LogP contribution is 2.28. The smallest absolute Gasteiger partial charge is 0.257 e. The maximum absolute atomic E-state index is 13.1. The van der Waals surface area contributed by atoms with E-state index in [1.54, 1.807) is 17.1 Å². The summed E-state index contributed by atoms with van der Waals surface area (Å²) in [7, 11) is 1.82. The molecular formula is C23H33N5O3. The molecule has 8 nitrogen and oxygen atoms in total. The van der Waals surface area contributed by atoms with E-state index in [9.17, 15) is 14.4 Å². The Morgan fingerprint density at radius 1 is 1.06 bits per heavy atom. The van der Waals surface area contributed by atoms with Gasteiger partial charge < -0.3 is 15.2 Å². The molecule has 2 amide bonds. The molecule has 31 heavy (non-hydrogen) atoms. The average Bonchev–Trinajstić information content (AvgIpc) is 3.07. The van der Waals surface area contributed by atoms with Crippen LogP contribution in [0.2, 0.25) is 0 Å². The molecule has 2 aromatic heterocycles. The molecule has 0 radical (unpaired) electrons. The van der Waals surface area contributed by atoms with Crippen molar-refractivity contribution in [2.45, 2.75) is 65.5 Å². The van der Waals surface area contributed by atoms with E-state index in [1.807, 2.05) is 38.6 Å². The molecule has 0 unspecified atom stereocenters. The van der Waals surface area contributed by atoms with Gasteiger partial charge in [0.15, 0.2) is 0 Å². The van der Waals surface area contributed by atoms with Crippen LogP contribution in [0, 0.1) is 12.8 Å². The van der Waals surface area contributed by atoms with Gasteiger partial charge in [-0.1, -0.05) is 33.1 Å². The predicted octanol–water partition coefficient (Wildman–Crippen LogP) is 2.71. The van der Waals surface area contributed by atoms with E-state index in [4.69, 9.17) is 0 Å². The Hall–Kier alpha value is -2.90. The Kier molecular flexibility index (Phi) is 7.30. The van der Waals surface area contributed by atoms with E-state index in [0.29, 0.717) is 6.54 Å². The number of nitrogens with one attached hydrogen (secondary N) is 2. The molecule has 168 valence electrons. The molecule has 0 bridgehead atoms. The lowest BCUT2D eigenvalue weighted by molar-refractivity contribution is 0.0945. The lowest BCUT2D eigenvalue weighted by Gasteiger charge is -2.25. The van der Waals surface area contributed by atoms with Crippen LogP contribution in [0.1, 0.15) is 84.0 Å². The Morgan fingerprint density at radius 2 is 1.68 bits per heavy atom. The molecular weight excluding hydrogens is 394 g/mol. The molecule has 2 heterocycles. The number of hydrogen-bond donors (Lipinski definition) is 2. The number of nitrogens with zero attached hydrogens (tertiary/aromatic N) is 3. The Bertz CT molecular complexity index is 999. The molecule has 2 N–H and O–H groups in total. The van der Waals surface area contributed by atoms with Crippen molar-refractivity contribution in [3.05, 3.63) is 51.2 Å². The van der Waals surface area contributed by atoms with E-state index < -0.39 is 17.2 Å². The normalized spacial score (nSPS) is 14.6. The van der Waals surface area contributed by atoms with Crippen molar-refractivity contribution >= 4 is 11.8 Å². The standard InChI is InChI=1S/C23H33N5O3/c1-15(2)10-24-22(30)19-13-28(18-8-6-5-7-9-18)14-20(21(19)29)23(31)25-11-17-12-27(4)26-16(17)3/h12-15,18H,5-11H2,1-4H3,(H,24,30)(H,25,31). The van der Waals surface area contributed by atoms with E-state index in [0.717, 1.165) is 36.9 Å². The van der Waals surface area contributed by atoms with Crippen molar-refractivity contribution in [2.24, 2.45) is 13.0 Å². The molecule has 1 fully saturated rings. The van der Waals surface area contributed by atoms with Gasteiger partial charge in [0.25, 0.3) is 11.8 Å². The summed E-state index contributed by atoms with van der Waals surface area (Å²) in [5, 5.41) is 9.90. The minimum absolute atomic E-state index is 0.00399. The Morgan fingerprint density at radius 3 is 2.23 bits per heavy atom. The van der Waals surface area contributed by atoms with Gasteiger partial charge >= 0.3 is 0 Å². The van der Waals surface area contributed by atoms with Crippen LogP contribution in [0.3, 0.4) is 0 Å². The summed E-state index contributed by atoms with van der Waals surface area (Å²) in [5.74, 6) is -0.643. The van der Waals surface area contributed by atoms with Crippen LogP contribution in [-0.2, 0) is 13.6 Å². The van der Waals surface area contributed by atoms with Gasteiger partial charge in [-0.05, 0) is 25.7 Å². The second-order valence-electron chi connectivity index (χ2n) is 8.85. The van der Waals surface area contributed by atoms with Gasteiger partial charge in [0.05, 0.1) is 5.69 Å². The van der Waals surface area contributed by atoms with Crippen LogP contribution >= 0.6 is 0 Å². The topological polar surface area (TPSA) is 98.0 Å². The molecule has 0 aliphatic heterocycles. The predicted molar refractivity (Wildman–Crippen MR) is 119 cm³/mol. The third-order valence-corrected chi connectivity index (χ3v) is 5.76. The van der Waals surface area contributed by atoms with E-state index in [2.05, 4.69) is 15.7 Å². The van der Waals surface area contributed by atoms with Gasteiger partial charge in [0.1, 0.15) is 11.1 Å². The monoisotopic (exact) mass is 427 g/mol. The molecule has 1 aliphatic rings. The van der Waals surface area contributed by atoms with Gasteiger partial charge in [0, 0.05) is 50.3 Å². The third kappa shape index (κ3) is 5.62. The lowest BCUT2D eigenvalue weighted by atomic mass is 9.95. The highest BCUT2D eigenvalue weighted by Gasteiger charge is 2.23. The van der Waals surface area contributed by atoms with Gasteiger partial charge in [-0.3, -0.25) is 19.1 Å². The zero-order chi connectivity index (χ0) is 22.5. The average molecular weight is 428 g/mol. The van der Waals surface area contributed by atoms with Crippen molar-refractivity contribution < 1.29 is 9.59 Å². The van der Waals surface area contributed by atoms with Gasteiger partial charge in [-0.15, -0.1) is 0 Å². The van der Waals surface area contributed by atoms with E-state index >= 15 is 0 Å². The maximum Gasteiger partial charge on any atom is 0.257 e. The summed E-state index contributed by atoms with van der Waals surface area (Å²) in [6.07, 6.45) is 10.4. The van der Waals surface area contributed by atoms with Crippen molar-refractivity contribution in [2.75, 3.05) is 6.54 Å². The second kappa shape index (κ2) is 9.94. The molecule has 1 aliphatic carbocycles. The van der Waals surface area contributed by atoms with Gasteiger partial charge in [-0.25, -0.2) is 0 Å². The number of aromatic nitrogens is 3. The molecule has 2 aromatic rings. The quantitative estimate of drug-likeness (QED) is 0.710. The number of pyridine rings is 1. The number of carbonyl (C=O) groups is 2. The van der Waals surface area contributed by atoms with Crippen LogP contribution in [0.15, 0.2) is 23.4 Å². The Balaban J connectivity index is 1.90. The summed E-state index contributed by atoms with van der Waals surface area (Å²) in [4.78, 5) is 38.8. The fourth-order valence-corrected chi connectivity index (χ4v) is 4.00. The molecule has 1 saturated carbocycles. The summed E-state index contributed by atoms with van der Waals surface area (Å²) in [5.41, 5.74) is 1.20. The molecule has 0 saturated heterocycles. The number of amides is 2. The van der Waals surface area contributed by atoms with Crippen LogP contribution < -0.4 is 16.1 Å². The van der Waals surface area contributed by atoms with Crippen LogP contribution in [0.5, 0.6) is 0 Å². The SMILES string of the molecule is Cc1nn(C)cc1CNC(=O)c1cn(C2CCCCC2)cc(C(=O)NCC(C)C)c1=O. The van der Waals surface area contributed by atoms with E-state index in [1.165, 1.54) is 6.42 Å². The first-order valence-corrected chi connectivity index (χ1v) is 11.1. The minimum Gasteiger partial charge on any atom is -0.352 e. The Labute approximate surface area is 183 Å². The molecule has 0 aromatic carbocycles. The number of aryl methyl sites for hydroxylation is 2. The van der Waals surface area contributed by atoms with Crippen LogP contribution in [0.4, 0.5) is 0 Å². The summed E-state index contributed by atoms with van der Waals surface area (Å²) >= 11 is 0. The summed E-state index contributed by atoms with van der Waals surface area (Å²) in [6.45, 7) is 6.59. The maximum atomic E-state index is 13.1. The van der Waals surface area contributed by atoms with Gasteiger partial charge in [0.2, 0.25) is 5.43 Å². The van der Waals surface area contributed by atoms with Gasteiger partial charge in [-0.2, -0.15) is 5.10 Å². The fraction of sp³-hybridized carbons (Fsp3) is 0.565. The molecule has 0 atom stereocenters. The first kappa shape index (κ1) is 22.8. The second-order valence-corrected chi connectivity index (χ2v) is 8.85. The summed E-state index contributed by atoms with van der Waals surface area (Å²) in [6, 6.07) is 0.193. The van der Waals surface area contributed by atoms with Crippen molar-refractivity contribution in [3.8, 4) is 0 Å². The van der Waals surface area contributed by atoms with Crippen LogP contribution in [0.25, 0.3) is 0 Å². The first-order valence-electron chi connectivity index (χ1n) is 11.1. The fourth-order valence-electron chi connectivity index (χ4n) is 4.00. The zero-order valence-corrected chi connectivity index (χ0v) is 18.9. The summed E-state index contributed by atoms with van der Waals surface area (Å²) < 4.78 is 3.58. The number of hydrogen-bond acceptors (Lipinski definition) is 4. The largest absolute Gasteiger partial charge is 0.352 e. The van der Waals surface area contributed by atoms with E-state index in [-0.39, 0.29) is 29.6 Å². The molecule has 0 spiro atoms. The number of rotatable bonds is 7. The molecule has 3 rings (SSSR count). The van der Waals surface area contributed by atoms with Crippen molar-refractivity contribution in [1.82, 2.24) is 25.0 Å². The van der Waals surface area contributed by atoms with Crippen molar-refractivity contribution in [1.29, 1.82) is 0 Å². The number of carbonyl (C=O) groups excluding carboxylic acids is 2. The highest BCUT2D eigenvalue weighted by molar-refractivity contribution is 5.99. The zero-order valence-electron chi connectivity index (χ0n) is 18.9. The first-order chi connectivity index (χ1) is 14.8.